The molecule has 1 aliphatic heterocycles. The molecule has 2 aliphatic rings. The molecule has 5 heteroatoms. The molecule has 1 saturated heterocycles. The first kappa shape index (κ1) is 19.2. The SMILES string of the molecule is Cc1cc2oc(=O)cc(C)c2cc1NC(=O)C1CCCN(C2CCCCC2)C1. The van der Waals surface area contributed by atoms with Crippen LogP contribution in [0.2, 0.25) is 0 Å². The number of carbonyl (C=O) groups excluding carboxylic acids is 1. The van der Waals surface area contributed by atoms with Crippen molar-refractivity contribution < 1.29 is 9.21 Å². The van der Waals surface area contributed by atoms with Crippen molar-refractivity contribution >= 4 is 22.6 Å². The van der Waals surface area contributed by atoms with Gasteiger partial charge >= 0.3 is 5.63 Å². The second kappa shape index (κ2) is 8.08. The number of amides is 1. The summed E-state index contributed by atoms with van der Waals surface area (Å²) in [6.07, 6.45) is 8.61. The average molecular weight is 383 g/mol. The van der Waals surface area contributed by atoms with Crippen molar-refractivity contribution in [2.45, 2.75) is 64.8 Å². The van der Waals surface area contributed by atoms with Crippen LogP contribution in [0.5, 0.6) is 0 Å². The van der Waals surface area contributed by atoms with Crippen LogP contribution in [-0.2, 0) is 4.79 Å². The van der Waals surface area contributed by atoms with Gasteiger partial charge < -0.3 is 9.73 Å². The largest absolute Gasteiger partial charge is 0.423 e. The predicted octanol–water partition coefficient (Wildman–Crippen LogP) is 4.39. The Hall–Kier alpha value is -2.14. The van der Waals surface area contributed by atoms with E-state index < -0.39 is 0 Å². The Morgan fingerprint density at radius 2 is 1.82 bits per heavy atom. The third-order valence-electron chi connectivity index (χ3n) is 6.47. The predicted molar refractivity (Wildman–Crippen MR) is 112 cm³/mol. The number of hydrogen-bond donors (Lipinski definition) is 1. The van der Waals surface area contributed by atoms with E-state index in [1.807, 2.05) is 26.0 Å². The molecule has 0 bridgehead atoms. The van der Waals surface area contributed by atoms with E-state index in [1.165, 1.54) is 38.2 Å². The zero-order chi connectivity index (χ0) is 19.7. The zero-order valence-electron chi connectivity index (χ0n) is 16.9. The van der Waals surface area contributed by atoms with Crippen LogP contribution in [0.15, 0.2) is 27.4 Å². The Morgan fingerprint density at radius 3 is 2.61 bits per heavy atom. The zero-order valence-corrected chi connectivity index (χ0v) is 16.9. The summed E-state index contributed by atoms with van der Waals surface area (Å²) in [6, 6.07) is 5.93. The van der Waals surface area contributed by atoms with Crippen molar-refractivity contribution in [3.05, 3.63) is 39.7 Å². The number of rotatable bonds is 3. The van der Waals surface area contributed by atoms with Gasteiger partial charge in [-0.15, -0.1) is 0 Å². The number of piperidine rings is 1. The van der Waals surface area contributed by atoms with Crippen LogP contribution in [0.1, 0.15) is 56.1 Å². The Kier molecular flexibility index (Phi) is 5.54. The van der Waals surface area contributed by atoms with Gasteiger partial charge in [0.2, 0.25) is 5.91 Å². The minimum Gasteiger partial charge on any atom is -0.423 e. The highest BCUT2D eigenvalue weighted by molar-refractivity contribution is 5.96. The van der Waals surface area contributed by atoms with Crippen molar-refractivity contribution in [2.75, 3.05) is 18.4 Å². The summed E-state index contributed by atoms with van der Waals surface area (Å²) in [5, 5.41) is 4.02. The topological polar surface area (TPSA) is 62.6 Å². The number of anilines is 1. The summed E-state index contributed by atoms with van der Waals surface area (Å²) in [6.45, 7) is 5.83. The summed E-state index contributed by atoms with van der Waals surface area (Å²) >= 11 is 0. The summed E-state index contributed by atoms with van der Waals surface area (Å²) in [5.74, 6) is 0.151. The Balaban J connectivity index is 1.49. The maximum Gasteiger partial charge on any atom is 0.336 e. The molecule has 1 aliphatic carbocycles. The van der Waals surface area contributed by atoms with Crippen LogP contribution >= 0.6 is 0 Å². The van der Waals surface area contributed by atoms with Crippen molar-refractivity contribution in [3.8, 4) is 0 Å². The van der Waals surface area contributed by atoms with Crippen LogP contribution in [0.3, 0.4) is 0 Å². The van der Waals surface area contributed by atoms with Gasteiger partial charge in [0.05, 0.1) is 5.92 Å². The number of nitrogens with one attached hydrogen (secondary N) is 1. The van der Waals surface area contributed by atoms with E-state index in [-0.39, 0.29) is 17.5 Å². The molecule has 1 amide bonds. The van der Waals surface area contributed by atoms with E-state index in [4.69, 9.17) is 4.42 Å². The lowest BCUT2D eigenvalue weighted by Crippen LogP contribution is -2.46. The first-order valence-corrected chi connectivity index (χ1v) is 10.6. The van der Waals surface area contributed by atoms with Gasteiger partial charge in [0, 0.05) is 29.7 Å². The van der Waals surface area contributed by atoms with Crippen LogP contribution in [0, 0.1) is 19.8 Å². The van der Waals surface area contributed by atoms with Crippen LogP contribution in [0.25, 0.3) is 11.0 Å². The van der Waals surface area contributed by atoms with Crippen molar-refractivity contribution in [2.24, 2.45) is 5.92 Å². The molecule has 0 radical (unpaired) electrons. The normalized spacial score (nSPS) is 21.7. The summed E-state index contributed by atoms with van der Waals surface area (Å²) in [7, 11) is 0. The number of aryl methyl sites for hydroxylation is 2. The molecule has 1 atom stereocenters. The molecule has 150 valence electrons. The molecular weight excluding hydrogens is 352 g/mol. The summed E-state index contributed by atoms with van der Waals surface area (Å²) in [5.41, 5.74) is 2.81. The first-order chi connectivity index (χ1) is 13.5. The number of fused-ring (bicyclic) bond motifs is 1. The highest BCUT2D eigenvalue weighted by Crippen LogP contribution is 2.29. The number of nitrogens with zero attached hydrogens (tertiary/aromatic N) is 1. The minimum absolute atomic E-state index is 0.0422. The van der Waals surface area contributed by atoms with Gasteiger partial charge in [0.1, 0.15) is 5.58 Å². The Bertz CT molecular complexity index is 927. The van der Waals surface area contributed by atoms with E-state index in [0.717, 1.165) is 48.1 Å². The second-order valence-electron chi connectivity index (χ2n) is 8.53. The van der Waals surface area contributed by atoms with Gasteiger partial charge in [-0.1, -0.05) is 19.3 Å². The summed E-state index contributed by atoms with van der Waals surface area (Å²) < 4.78 is 5.31. The first-order valence-electron chi connectivity index (χ1n) is 10.6. The highest BCUT2D eigenvalue weighted by Gasteiger charge is 2.30. The monoisotopic (exact) mass is 382 g/mol. The van der Waals surface area contributed by atoms with Gasteiger partial charge in [-0.3, -0.25) is 9.69 Å². The van der Waals surface area contributed by atoms with Crippen molar-refractivity contribution in [1.29, 1.82) is 0 Å². The van der Waals surface area contributed by atoms with Crippen molar-refractivity contribution in [1.82, 2.24) is 4.90 Å². The fraction of sp³-hybridized carbons (Fsp3) is 0.565. The number of hydrogen-bond acceptors (Lipinski definition) is 4. The molecule has 1 N–H and O–H groups in total. The molecule has 2 fully saturated rings. The van der Waals surface area contributed by atoms with Gasteiger partial charge in [-0.05, 0) is 69.3 Å². The lowest BCUT2D eigenvalue weighted by Gasteiger charge is -2.39. The molecule has 2 aromatic rings. The van der Waals surface area contributed by atoms with E-state index in [1.54, 1.807) is 0 Å². The summed E-state index contributed by atoms with van der Waals surface area (Å²) in [4.78, 5) is 27.2. The van der Waals surface area contributed by atoms with E-state index in [9.17, 15) is 9.59 Å². The molecule has 5 nitrogen and oxygen atoms in total. The molecule has 2 heterocycles. The van der Waals surface area contributed by atoms with Crippen LogP contribution in [0.4, 0.5) is 5.69 Å². The third kappa shape index (κ3) is 4.00. The molecule has 28 heavy (non-hydrogen) atoms. The van der Waals surface area contributed by atoms with E-state index >= 15 is 0 Å². The second-order valence-corrected chi connectivity index (χ2v) is 8.53. The lowest BCUT2D eigenvalue weighted by atomic mass is 9.90. The molecular formula is C23H30N2O3. The van der Waals surface area contributed by atoms with Gasteiger partial charge in [-0.2, -0.15) is 0 Å². The average Bonchev–Trinajstić information content (AvgIpc) is 2.69. The molecule has 1 saturated carbocycles. The fourth-order valence-electron chi connectivity index (χ4n) is 4.83. The quantitative estimate of drug-likeness (QED) is 0.800. The molecule has 1 aromatic heterocycles. The van der Waals surface area contributed by atoms with Crippen molar-refractivity contribution in [3.63, 3.8) is 0 Å². The third-order valence-corrected chi connectivity index (χ3v) is 6.47. The highest BCUT2D eigenvalue weighted by atomic mass is 16.4. The molecule has 1 aromatic carbocycles. The standard InChI is InChI=1S/C23H30N2O3/c1-15-12-22(26)28-21-11-16(2)20(13-19(15)21)24-23(27)17-7-6-10-25(14-17)18-8-4-3-5-9-18/h11-13,17-18H,3-10,14H2,1-2H3,(H,24,27). The minimum atomic E-state index is -0.341. The molecule has 0 spiro atoms. The molecule has 4 rings (SSSR count). The van der Waals surface area contributed by atoms with Crippen LogP contribution in [-0.4, -0.2) is 29.9 Å². The van der Waals surface area contributed by atoms with Gasteiger partial charge in [-0.25, -0.2) is 4.79 Å². The van der Waals surface area contributed by atoms with Crippen LogP contribution < -0.4 is 10.9 Å². The smallest absolute Gasteiger partial charge is 0.336 e. The van der Waals surface area contributed by atoms with E-state index in [0.29, 0.717) is 11.6 Å². The van der Waals surface area contributed by atoms with Gasteiger partial charge in [0.25, 0.3) is 0 Å². The maximum absolute atomic E-state index is 13.0. The number of carbonyl (C=O) groups is 1. The number of benzene rings is 1. The molecule has 1 unspecified atom stereocenters. The van der Waals surface area contributed by atoms with Gasteiger partial charge in [0.15, 0.2) is 0 Å². The Morgan fingerprint density at radius 1 is 1.04 bits per heavy atom. The van der Waals surface area contributed by atoms with E-state index in [2.05, 4.69) is 10.2 Å². The fourth-order valence-corrected chi connectivity index (χ4v) is 4.83. The lowest BCUT2D eigenvalue weighted by molar-refractivity contribution is -0.121. The Labute approximate surface area is 166 Å². The maximum atomic E-state index is 13.0. The number of likely N-dealkylation sites (tertiary alicyclic amines) is 1.